The molecule has 118 valence electrons. The maximum absolute atomic E-state index is 13.5. The van der Waals surface area contributed by atoms with Crippen molar-refractivity contribution in [3.05, 3.63) is 58.7 Å². The zero-order valence-corrected chi connectivity index (χ0v) is 12.4. The molecular weight excluding hydrogens is 322 g/mol. The van der Waals surface area contributed by atoms with Crippen LogP contribution in [-0.2, 0) is 10.0 Å². The predicted octanol–water partition coefficient (Wildman–Crippen LogP) is 3.66. The fourth-order valence-electron chi connectivity index (χ4n) is 1.95. The molecule has 0 amide bonds. The number of hydrogen-bond donors (Lipinski definition) is 1. The standard InChI is InChI=1S/C14H11F4NO2S/c1-7-3-4-11(8(2)5-7)22(20,21)19-14-12(17)9(15)6-10(16)13(14)18/h3-6,19H,1-2H3. The highest BCUT2D eigenvalue weighted by molar-refractivity contribution is 7.92. The third-order valence-corrected chi connectivity index (χ3v) is 4.48. The Bertz CT molecular complexity index is 824. The molecule has 0 spiro atoms. The number of nitrogens with one attached hydrogen (secondary N) is 1. The first-order valence-corrected chi connectivity index (χ1v) is 7.55. The minimum atomic E-state index is -4.40. The van der Waals surface area contributed by atoms with E-state index in [-0.39, 0.29) is 11.0 Å². The summed E-state index contributed by atoms with van der Waals surface area (Å²) < 4.78 is 79.2. The minimum Gasteiger partial charge on any atom is -0.274 e. The predicted molar refractivity (Wildman–Crippen MR) is 73.0 cm³/mol. The molecule has 0 heterocycles. The number of halogens is 4. The zero-order valence-electron chi connectivity index (χ0n) is 11.5. The summed E-state index contributed by atoms with van der Waals surface area (Å²) in [5.74, 6) is -7.02. The molecule has 0 bridgehead atoms. The van der Waals surface area contributed by atoms with Gasteiger partial charge in [-0.25, -0.2) is 26.0 Å². The fourth-order valence-corrected chi connectivity index (χ4v) is 3.24. The van der Waals surface area contributed by atoms with Crippen LogP contribution in [0, 0.1) is 37.1 Å². The second kappa shape index (κ2) is 5.60. The normalized spacial score (nSPS) is 11.5. The number of anilines is 1. The maximum Gasteiger partial charge on any atom is 0.262 e. The number of sulfonamides is 1. The van der Waals surface area contributed by atoms with E-state index in [4.69, 9.17) is 0 Å². The van der Waals surface area contributed by atoms with Crippen LogP contribution >= 0.6 is 0 Å². The molecule has 3 nitrogen and oxygen atoms in total. The van der Waals surface area contributed by atoms with Gasteiger partial charge in [-0.3, -0.25) is 4.72 Å². The molecule has 0 saturated heterocycles. The van der Waals surface area contributed by atoms with Gasteiger partial charge in [-0.15, -0.1) is 0 Å². The lowest BCUT2D eigenvalue weighted by Crippen LogP contribution is -2.17. The van der Waals surface area contributed by atoms with Gasteiger partial charge in [0.15, 0.2) is 23.3 Å². The van der Waals surface area contributed by atoms with Crippen LogP contribution in [0.5, 0.6) is 0 Å². The summed E-state index contributed by atoms with van der Waals surface area (Å²) in [5, 5.41) is 0. The molecule has 0 radical (unpaired) electrons. The second-order valence-corrected chi connectivity index (χ2v) is 6.37. The van der Waals surface area contributed by atoms with Crippen molar-refractivity contribution in [2.24, 2.45) is 0 Å². The molecule has 0 aliphatic heterocycles. The summed E-state index contributed by atoms with van der Waals surface area (Å²) in [4.78, 5) is -0.249. The number of benzene rings is 2. The van der Waals surface area contributed by atoms with E-state index in [1.165, 1.54) is 19.1 Å². The van der Waals surface area contributed by atoms with Crippen LogP contribution in [0.15, 0.2) is 29.2 Å². The van der Waals surface area contributed by atoms with Gasteiger partial charge in [0.25, 0.3) is 10.0 Å². The SMILES string of the molecule is Cc1ccc(S(=O)(=O)Nc2c(F)c(F)cc(F)c2F)c(C)c1. The van der Waals surface area contributed by atoms with Crippen molar-refractivity contribution in [2.75, 3.05) is 4.72 Å². The zero-order chi connectivity index (χ0) is 16.7. The Kier molecular flexibility index (Phi) is 4.15. The molecule has 0 aliphatic rings. The monoisotopic (exact) mass is 333 g/mol. The van der Waals surface area contributed by atoms with Crippen molar-refractivity contribution in [3.8, 4) is 0 Å². The second-order valence-electron chi connectivity index (χ2n) is 4.72. The van der Waals surface area contributed by atoms with Gasteiger partial charge in [0.05, 0.1) is 4.90 Å². The Morgan fingerprint density at radius 1 is 0.909 bits per heavy atom. The first kappa shape index (κ1) is 16.3. The van der Waals surface area contributed by atoms with Crippen molar-refractivity contribution in [2.45, 2.75) is 18.7 Å². The molecule has 1 N–H and O–H groups in total. The van der Waals surface area contributed by atoms with Gasteiger partial charge in [0.1, 0.15) is 5.69 Å². The van der Waals surface area contributed by atoms with Crippen molar-refractivity contribution >= 4 is 15.7 Å². The van der Waals surface area contributed by atoms with Gasteiger partial charge in [-0.2, -0.15) is 0 Å². The molecule has 22 heavy (non-hydrogen) atoms. The number of rotatable bonds is 3. The number of hydrogen-bond acceptors (Lipinski definition) is 2. The molecule has 2 rings (SSSR count). The van der Waals surface area contributed by atoms with Gasteiger partial charge in [-0.05, 0) is 25.5 Å². The van der Waals surface area contributed by atoms with Crippen molar-refractivity contribution in [1.82, 2.24) is 0 Å². The molecule has 8 heteroatoms. The van der Waals surface area contributed by atoms with Gasteiger partial charge in [-0.1, -0.05) is 17.7 Å². The van der Waals surface area contributed by atoms with Crippen LogP contribution in [0.4, 0.5) is 23.2 Å². The Labute approximate surface area is 124 Å². The van der Waals surface area contributed by atoms with E-state index in [0.29, 0.717) is 5.56 Å². The highest BCUT2D eigenvalue weighted by atomic mass is 32.2. The lowest BCUT2D eigenvalue weighted by molar-refractivity contribution is 0.459. The van der Waals surface area contributed by atoms with Gasteiger partial charge in [0, 0.05) is 6.07 Å². The Morgan fingerprint density at radius 2 is 1.45 bits per heavy atom. The summed E-state index contributed by atoms with van der Waals surface area (Å²) in [7, 11) is -4.40. The molecule has 0 atom stereocenters. The first-order chi connectivity index (χ1) is 10.1. The molecule has 2 aromatic rings. The van der Waals surface area contributed by atoms with Crippen LogP contribution in [0.1, 0.15) is 11.1 Å². The summed E-state index contributed by atoms with van der Waals surface area (Å²) in [6.45, 7) is 3.22. The summed E-state index contributed by atoms with van der Waals surface area (Å²) in [6, 6.07) is 4.27. The van der Waals surface area contributed by atoms with E-state index in [0.717, 1.165) is 5.56 Å². The molecule has 0 fully saturated rings. The Hall–Kier alpha value is -2.09. The van der Waals surface area contributed by atoms with E-state index >= 15 is 0 Å². The average molecular weight is 333 g/mol. The van der Waals surface area contributed by atoms with Crippen molar-refractivity contribution in [1.29, 1.82) is 0 Å². The quantitative estimate of drug-likeness (QED) is 0.688. The van der Waals surface area contributed by atoms with Crippen LogP contribution in [0.2, 0.25) is 0 Å². The lowest BCUT2D eigenvalue weighted by Gasteiger charge is -2.12. The van der Waals surface area contributed by atoms with Crippen molar-refractivity contribution < 1.29 is 26.0 Å². The first-order valence-electron chi connectivity index (χ1n) is 6.06. The van der Waals surface area contributed by atoms with Crippen LogP contribution in [0.25, 0.3) is 0 Å². The van der Waals surface area contributed by atoms with Crippen molar-refractivity contribution in [3.63, 3.8) is 0 Å². The summed E-state index contributed by atoms with van der Waals surface area (Å²) in [5.41, 5.74) is -0.284. The van der Waals surface area contributed by atoms with E-state index in [2.05, 4.69) is 0 Å². The van der Waals surface area contributed by atoms with Crippen LogP contribution in [-0.4, -0.2) is 8.42 Å². The summed E-state index contributed by atoms with van der Waals surface area (Å²) >= 11 is 0. The highest BCUT2D eigenvalue weighted by Crippen LogP contribution is 2.27. The van der Waals surface area contributed by atoms with E-state index in [1.807, 2.05) is 0 Å². The van der Waals surface area contributed by atoms with E-state index in [1.54, 1.807) is 17.7 Å². The molecular formula is C14H11F4NO2S. The van der Waals surface area contributed by atoms with Crippen LogP contribution in [0.3, 0.4) is 0 Å². The topological polar surface area (TPSA) is 46.2 Å². The molecule has 0 unspecified atom stereocenters. The summed E-state index contributed by atoms with van der Waals surface area (Å²) in [6.07, 6.45) is 0. The lowest BCUT2D eigenvalue weighted by atomic mass is 10.2. The largest absolute Gasteiger partial charge is 0.274 e. The number of aryl methyl sites for hydroxylation is 2. The third kappa shape index (κ3) is 2.92. The minimum absolute atomic E-state index is 0.000404. The average Bonchev–Trinajstić information content (AvgIpc) is 2.41. The fraction of sp³-hybridized carbons (Fsp3) is 0.143. The van der Waals surface area contributed by atoms with E-state index < -0.39 is 39.0 Å². The van der Waals surface area contributed by atoms with Gasteiger partial charge < -0.3 is 0 Å². The van der Waals surface area contributed by atoms with Gasteiger partial charge >= 0.3 is 0 Å². The highest BCUT2D eigenvalue weighted by Gasteiger charge is 2.25. The Balaban J connectivity index is 2.55. The van der Waals surface area contributed by atoms with Gasteiger partial charge in [0.2, 0.25) is 0 Å². The molecule has 0 aromatic heterocycles. The van der Waals surface area contributed by atoms with E-state index in [9.17, 15) is 26.0 Å². The van der Waals surface area contributed by atoms with Crippen LogP contribution < -0.4 is 4.72 Å². The maximum atomic E-state index is 13.5. The Morgan fingerprint density at radius 3 is 1.95 bits per heavy atom. The molecule has 0 aliphatic carbocycles. The smallest absolute Gasteiger partial charge is 0.262 e. The molecule has 0 saturated carbocycles. The third-order valence-electron chi connectivity index (χ3n) is 2.97. The molecule has 2 aromatic carbocycles.